The molecule has 0 saturated carbocycles. The Balaban J connectivity index is 2.66. The van der Waals surface area contributed by atoms with Gasteiger partial charge in [0, 0.05) is 30.7 Å². The highest BCUT2D eigenvalue weighted by atomic mass is 28.4. The SMILES string of the molecule is CCO[Si](CCCN=[N+]=[N-])(OCC)OCc1ccccc1. The summed E-state index contributed by atoms with van der Waals surface area (Å²) < 4.78 is 17.7. The Morgan fingerprint density at radius 3 is 2.33 bits per heavy atom. The van der Waals surface area contributed by atoms with Crippen molar-refractivity contribution in [2.24, 2.45) is 5.11 Å². The van der Waals surface area contributed by atoms with Gasteiger partial charge in [-0.15, -0.1) is 0 Å². The topological polar surface area (TPSA) is 76.5 Å². The van der Waals surface area contributed by atoms with Crippen LogP contribution in [-0.4, -0.2) is 28.6 Å². The van der Waals surface area contributed by atoms with Crippen LogP contribution in [0, 0.1) is 0 Å². The number of benzene rings is 1. The third-order valence-electron chi connectivity index (χ3n) is 2.83. The summed E-state index contributed by atoms with van der Waals surface area (Å²) in [6.45, 7) is 5.85. The van der Waals surface area contributed by atoms with Gasteiger partial charge in [0.15, 0.2) is 0 Å². The van der Waals surface area contributed by atoms with Crippen molar-refractivity contribution >= 4 is 8.80 Å². The monoisotopic (exact) mass is 309 g/mol. The van der Waals surface area contributed by atoms with Gasteiger partial charge in [-0.1, -0.05) is 35.4 Å². The molecule has 0 aromatic heterocycles. The first-order chi connectivity index (χ1) is 10.3. The van der Waals surface area contributed by atoms with Crippen LogP contribution in [0.2, 0.25) is 6.04 Å². The Morgan fingerprint density at radius 1 is 1.10 bits per heavy atom. The first kappa shape index (κ1) is 17.7. The van der Waals surface area contributed by atoms with Crippen molar-refractivity contribution in [2.75, 3.05) is 19.8 Å². The third kappa shape index (κ3) is 6.75. The van der Waals surface area contributed by atoms with E-state index < -0.39 is 8.80 Å². The van der Waals surface area contributed by atoms with E-state index in [0.29, 0.717) is 38.8 Å². The maximum atomic E-state index is 8.33. The summed E-state index contributed by atoms with van der Waals surface area (Å²) in [5, 5.41) is 3.55. The van der Waals surface area contributed by atoms with Crippen LogP contribution in [0.4, 0.5) is 0 Å². The highest BCUT2D eigenvalue weighted by molar-refractivity contribution is 6.60. The molecule has 0 saturated heterocycles. The van der Waals surface area contributed by atoms with Crippen LogP contribution in [-0.2, 0) is 19.9 Å². The zero-order chi connectivity index (χ0) is 15.4. The van der Waals surface area contributed by atoms with Gasteiger partial charge in [-0.05, 0) is 31.4 Å². The van der Waals surface area contributed by atoms with Gasteiger partial charge >= 0.3 is 8.80 Å². The lowest BCUT2D eigenvalue weighted by molar-refractivity contribution is 0.0609. The van der Waals surface area contributed by atoms with Crippen molar-refractivity contribution in [1.82, 2.24) is 0 Å². The summed E-state index contributed by atoms with van der Waals surface area (Å²) >= 11 is 0. The van der Waals surface area contributed by atoms with E-state index in [-0.39, 0.29) is 0 Å². The van der Waals surface area contributed by atoms with Crippen molar-refractivity contribution in [1.29, 1.82) is 0 Å². The number of nitrogens with zero attached hydrogens (tertiary/aromatic N) is 3. The summed E-state index contributed by atoms with van der Waals surface area (Å²) in [6, 6.07) is 10.6. The van der Waals surface area contributed by atoms with Gasteiger partial charge < -0.3 is 13.3 Å². The highest BCUT2D eigenvalue weighted by Gasteiger charge is 2.40. The summed E-state index contributed by atoms with van der Waals surface area (Å²) in [4.78, 5) is 2.76. The molecule has 0 amide bonds. The molecular formula is C14H23N3O3Si. The largest absolute Gasteiger partial charge is 0.501 e. The van der Waals surface area contributed by atoms with Crippen LogP contribution in [0.5, 0.6) is 0 Å². The molecule has 0 N–H and O–H groups in total. The van der Waals surface area contributed by atoms with Crippen LogP contribution in [0.1, 0.15) is 25.8 Å². The number of hydrogen-bond donors (Lipinski definition) is 0. The van der Waals surface area contributed by atoms with Gasteiger partial charge in [-0.2, -0.15) is 0 Å². The third-order valence-corrected chi connectivity index (χ3v) is 5.84. The number of hydrogen-bond acceptors (Lipinski definition) is 4. The molecule has 0 heterocycles. The second-order valence-electron chi connectivity index (χ2n) is 4.38. The normalized spacial score (nSPS) is 11.1. The zero-order valence-corrected chi connectivity index (χ0v) is 13.7. The van der Waals surface area contributed by atoms with Crippen LogP contribution in [0.3, 0.4) is 0 Å². The van der Waals surface area contributed by atoms with Crippen molar-refractivity contribution in [3.05, 3.63) is 46.3 Å². The van der Waals surface area contributed by atoms with Crippen molar-refractivity contribution < 1.29 is 13.3 Å². The minimum atomic E-state index is -2.71. The summed E-state index contributed by atoms with van der Waals surface area (Å²) in [5.74, 6) is 0. The molecule has 1 aromatic carbocycles. The quantitative estimate of drug-likeness (QED) is 0.204. The van der Waals surface area contributed by atoms with Gasteiger partial charge in [0.1, 0.15) is 0 Å². The Morgan fingerprint density at radius 2 is 1.76 bits per heavy atom. The molecule has 0 bridgehead atoms. The zero-order valence-electron chi connectivity index (χ0n) is 12.7. The molecule has 0 unspecified atom stereocenters. The maximum Gasteiger partial charge on any atom is 0.501 e. The van der Waals surface area contributed by atoms with Gasteiger partial charge in [-0.25, -0.2) is 0 Å². The fraction of sp³-hybridized carbons (Fsp3) is 0.571. The molecule has 0 spiro atoms. The minimum absolute atomic E-state index is 0.431. The Labute approximate surface area is 127 Å². The van der Waals surface area contributed by atoms with E-state index in [1.54, 1.807) is 0 Å². The average Bonchev–Trinajstić information content (AvgIpc) is 2.51. The Bertz CT molecular complexity index is 432. The second-order valence-corrected chi connectivity index (χ2v) is 7.11. The first-order valence-electron chi connectivity index (χ1n) is 7.23. The van der Waals surface area contributed by atoms with Gasteiger partial charge in [0.25, 0.3) is 0 Å². The van der Waals surface area contributed by atoms with E-state index in [1.807, 2.05) is 44.2 Å². The smallest absolute Gasteiger partial charge is 0.374 e. The predicted octanol–water partition coefficient (Wildman–Crippen LogP) is 3.92. The van der Waals surface area contributed by atoms with Crippen LogP contribution in [0.25, 0.3) is 10.4 Å². The standard InChI is InChI=1S/C14H23N3O3Si/c1-3-18-21(19-4-2,12-8-11-16-17-15)20-13-14-9-6-5-7-10-14/h5-7,9-10H,3-4,8,11-13H2,1-2H3. The van der Waals surface area contributed by atoms with Crippen LogP contribution < -0.4 is 0 Å². The average molecular weight is 309 g/mol. The lowest BCUT2D eigenvalue weighted by Gasteiger charge is -2.28. The van der Waals surface area contributed by atoms with E-state index in [4.69, 9.17) is 18.8 Å². The first-order valence-corrected chi connectivity index (χ1v) is 9.16. The van der Waals surface area contributed by atoms with E-state index >= 15 is 0 Å². The molecule has 116 valence electrons. The molecule has 0 atom stereocenters. The minimum Gasteiger partial charge on any atom is -0.374 e. The molecule has 0 aliphatic carbocycles. The van der Waals surface area contributed by atoms with Crippen molar-refractivity contribution in [3.63, 3.8) is 0 Å². The molecule has 0 radical (unpaired) electrons. The van der Waals surface area contributed by atoms with E-state index in [0.717, 1.165) is 5.56 Å². The fourth-order valence-corrected chi connectivity index (χ4v) is 4.50. The van der Waals surface area contributed by atoms with Gasteiger partial charge in [0.05, 0.1) is 6.61 Å². The van der Waals surface area contributed by atoms with Crippen LogP contribution in [0.15, 0.2) is 35.4 Å². The molecule has 0 aliphatic heterocycles. The molecule has 0 fully saturated rings. The number of rotatable bonds is 11. The summed E-state index contributed by atoms with van der Waals surface area (Å²) in [5.41, 5.74) is 9.42. The van der Waals surface area contributed by atoms with Crippen molar-refractivity contribution in [2.45, 2.75) is 32.9 Å². The fourth-order valence-electron chi connectivity index (χ4n) is 1.96. The molecule has 1 aromatic rings. The second kappa shape index (κ2) is 10.4. The van der Waals surface area contributed by atoms with E-state index in [1.165, 1.54) is 0 Å². The molecule has 21 heavy (non-hydrogen) atoms. The van der Waals surface area contributed by atoms with Gasteiger partial charge in [0.2, 0.25) is 0 Å². The summed E-state index contributed by atoms with van der Waals surface area (Å²) in [7, 11) is -2.71. The number of azide groups is 1. The molecule has 1 rings (SSSR count). The maximum absolute atomic E-state index is 8.33. The molecule has 6 nitrogen and oxygen atoms in total. The molecule has 0 aliphatic rings. The Kier molecular flexibility index (Phi) is 8.73. The lowest BCUT2D eigenvalue weighted by Crippen LogP contribution is -2.45. The lowest BCUT2D eigenvalue weighted by atomic mass is 10.2. The van der Waals surface area contributed by atoms with Gasteiger partial charge in [-0.3, -0.25) is 0 Å². The summed E-state index contributed by atoms with van der Waals surface area (Å²) in [6.07, 6.45) is 0.699. The highest BCUT2D eigenvalue weighted by Crippen LogP contribution is 2.20. The Hall–Kier alpha value is -1.37. The molecular weight excluding hydrogens is 286 g/mol. The van der Waals surface area contributed by atoms with Crippen LogP contribution >= 0.6 is 0 Å². The predicted molar refractivity (Wildman–Crippen MR) is 83.7 cm³/mol. The van der Waals surface area contributed by atoms with Crippen molar-refractivity contribution in [3.8, 4) is 0 Å². The van der Waals surface area contributed by atoms with E-state index in [2.05, 4.69) is 10.0 Å². The molecule has 7 heteroatoms. The van der Waals surface area contributed by atoms with E-state index in [9.17, 15) is 0 Å².